The fourth-order valence-electron chi connectivity index (χ4n) is 1.62. The highest BCUT2D eigenvalue weighted by Gasteiger charge is 1.94. The van der Waals surface area contributed by atoms with Gasteiger partial charge in [0.05, 0.1) is 0 Å². The Morgan fingerprint density at radius 2 is 1.88 bits per heavy atom. The van der Waals surface area contributed by atoms with Crippen molar-refractivity contribution in [3.05, 3.63) is 54.1 Å². The molecule has 0 unspecified atom stereocenters. The van der Waals surface area contributed by atoms with Crippen molar-refractivity contribution in [1.29, 1.82) is 0 Å². The summed E-state index contributed by atoms with van der Waals surface area (Å²) in [6.07, 6.45) is 4.08. The van der Waals surface area contributed by atoms with E-state index < -0.39 is 0 Å². The third-order valence-corrected chi connectivity index (χ3v) is 2.58. The van der Waals surface area contributed by atoms with Crippen molar-refractivity contribution < 1.29 is 4.79 Å². The quantitative estimate of drug-likeness (QED) is 0.703. The molecular formula is C15H14O. The standard InChI is InChI=1S/C15H14O/c1-2-15(16)10-8-12-7-9-13-5-3-4-6-14(13)11-12/h3-11H,2H2,1H3/b10-8+. The summed E-state index contributed by atoms with van der Waals surface area (Å²) >= 11 is 0. The SMILES string of the molecule is CCC(=O)/C=C/c1ccc2ccccc2c1. The van der Waals surface area contributed by atoms with Crippen LogP contribution in [0, 0.1) is 0 Å². The van der Waals surface area contributed by atoms with Gasteiger partial charge in [0.25, 0.3) is 0 Å². The van der Waals surface area contributed by atoms with E-state index in [0.29, 0.717) is 6.42 Å². The van der Waals surface area contributed by atoms with Crippen LogP contribution in [0.3, 0.4) is 0 Å². The summed E-state index contributed by atoms with van der Waals surface area (Å²) in [7, 11) is 0. The second-order valence-electron chi connectivity index (χ2n) is 3.76. The Morgan fingerprint density at radius 1 is 1.12 bits per heavy atom. The summed E-state index contributed by atoms with van der Waals surface area (Å²) in [5.41, 5.74) is 1.07. The number of hydrogen-bond donors (Lipinski definition) is 0. The molecule has 0 spiro atoms. The minimum atomic E-state index is 0.160. The molecule has 0 fully saturated rings. The third-order valence-electron chi connectivity index (χ3n) is 2.58. The monoisotopic (exact) mass is 210 g/mol. The molecular weight excluding hydrogens is 196 g/mol. The van der Waals surface area contributed by atoms with Gasteiger partial charge in [0.2, 0.25) is 0 Å². The van der Waals surface area contributed by atoms with Crippen molar-refractivity contribution in [2.45, 2.75) is 13.3 Å². The lowest BCUT2D eigenvalue weighted by atomic mass is 10.1. The second-order valence-corrected chi connectivity index (χ2v) is 3.76. The Bertz CT molecular complexity index is 538. The summed E-state index contributed by atoms with van der Waals surface area (Å²) in [4.78, 5) is 11.2. The molecule has 2 aromatic rings. The molecule has 1 heteroatoms. The Kier molecular flexibility index (Phi) is 3.16. The molecule has 0 aliphatic heterocycles. The number of benzene rings is 2. The Hall–Kier alpha value is -1.89. The summed E-state index contributed by atoms with van der Waals surface area (Å²) < 4.78 is 0. The summed E-state index contributed by atoms with van der Waals surface area (Å²) in [5.74, 6) is 0.160. The Morgan fingerprint density at radius 3 is 2.62 bits per heavy atom. The molecule has 16 heavy (non-hydrogen) atoms. The summed E-state index contributed by atoms with van der Waals surface area (Å²) in [6, 6.07) is 14.4. The number of rotatable bonds is 3. The molecule has 0 bridgehead atoms. The minimum absolute atomic E-state index is 0.160. The highest BCUT2D eigenvalue weighted by molar-refractivity contribution is 5.94. The van der Waals surface area contributed by atoms with E-state index in [1.807, 2.05) is 31.2 Å². The topological polar surface area (TPSA) is 17.1 Å². The van der Waals surface area contributed by atoms with Crippen LogP contribution in [-0.4, -0.2) is 5.78 Å². The molecule has 2 aromatic carbocycles. The molecule has 0 amide bonds. The van der Waals surface area contributed by atoms with Crippen molar-refractivity contribution in [3.63, 3.8) is 0 Å². The van der Waals surface area contributed by atoms with Crippen LogP contribution in [0.1, 0.15) is 18.9 Å². The van der Waals surface area contributed by atoms with Crippen LogP contribution < -0.4 is 0 Å². The number of allylic oxidation sites excluding steroid dienone is 1. The first-order valence-corrected chi connectivity index (χ1v) is 5.49. The van der Waals surface area contributed by atoms with Crippen LogP contribution in [0.2, 0.25) is 0 Å². The predicted molar refractivity (Wildman–Crippen MR) is 68.3 cm³/mol. The van der Waals surface area contributed by atoms with E-state index in [0.717, 1.165) is 5.56 Å². The van der Waals surface area contributed by atoms with Gasteiger partial charge in [-0.1, -0.05) is 49.4 Å². The van der Waals surface area contributed by atoms with Gasteiger partial charge in [-0.2, -0.15) is 0 Å². The van der Waals surface area contributed by atoms with Gasteiger partial charge in [0.15, 0.2) is 5.78 Å². The molecule has 0 aliphatic rings. The van der Waals surface area contributed by atoms with Gasteiger partial charge < -0.3 is 0 Å². The normalized spacial score (nSPS) is 11.1. The van der Waals surface area contributed by atoms with Gasteiger partial charge in [0, 0.05) is 6.42 Å². The molecule has 0 N–H and O–H groups in total. The fraction of sp³-hybridized carbons (Fsp3) is 0.133. The molecule has 0 aromatic heterocycles. The highest BCUT2D eigenvalue weighted by atomic mass is 16.1. The van der Waals surface area contributed by atoms with E-state index in [1.165, 1.54) is 10.8 Å². The van der Waals surface area contributed by atoms with Gasteiger partial charge in [-0.15, -0.1) is 0 Å². The lowest BCUT2D eigenvalue weighted by Crippen LogP contribution is -1.86. The maximum atomic E-state index is 11.2. The molecule has 0 atom stereocenters. The van der Waals surface area contributed by atoms with Gasteiger partial charge in [-0.25, -0.2) is 0 Å². The average molecular weight is 210 g/mol. The molecule has 0 heterocycles. The van der Waals surface area contributed by atoms with Crippen LogP contribution in [-0.2, 0) is 4.79 Å². The summed E-state index contributed by atoms with van der Waals surface area (Å²) in [5, 5.41) is 2.43. The molecule has 2 rings (SSSR count). The molecule has 0 aliphatic carbocycles. The number of hydrogen-bond acceptors (Lipinski definition) is 1. The lowest BCUT2D eigenvalue weighted by Gasteiger charge is -1.98. The fourth-order valence-corrected chi connectivity index (χ4v) is 1.62. The maximum Gasteiger partial charge on any atom is 0.155 e. The van der Waals surface area contributed by atoms with Crippen molar-refractivity contribution in [3.8, 4) is 0 Å². The van der Waals surface area contributed by atoms with E-state index in [1.54, 1.807) is 6.08 Å². The maximum absolute atomic E-state index is 11.2. The molecule has 0 saturated heterocycles. The zero-order valence-electron chi connectivity index (χ0n) is 9.31. The van der Waals surface area contributed by atoms with Crippen molar-refractivity contribution >= 4 is 22.6 Å². The van der Waals surface area contributed by atoms with Crippen LogP contribution in [0.15, 0.2) is 48.5 Å². The van der Waals surface area contributed by atoms with Crippen LogP contribution in [0.4, 0.5) is 0 Å². The highest BCUT2D eigenvalue weighted by Crippen LogP contribution is 2.16. The van der Waals surface area contributed by atoms with Crippen LogP contribution in [0.25, 0.3) is 16.8 Å². The van der Waals surface area contributed by atoms with E-state index in [9.17, 15) is 4.79 Å². The van der Waals surface area contributed by atoms with Gasteiger partial charge in [-0.3, -0.25) is 4.79 Å². The molecule has 80 valence electrons. The number of carbonyl (C=O) groups excluding carboxylic acids is 1. The van der Waals surface area contributed by atoms with E-state index in [-0.39, 0.29) is 5.78 Å². The Labute approximate surface area is 95.4 Å². The largest absolute Gasteiger partial charge is 0.295 e. The smallest absolute Gasteiger partial charge is 0.155 e. The predicted octanol–water partition coefficient (Wildman–Crippen LogP) is 3.83. The minimum Gasteiger partial charge on any atom is -0.295 e. The zero-order valence-corrected chi connectivity index (χ0v) is 9.31. The first-order valence-electron chi connectivity index (χ1n) is 5.49. The molecule has 0 saturated carbocycles. The van der Waals surface area contributed by atoms with E-state index in [2.05, 4.69) is 24.3 Å². The van der Waals surface area contributed by atoms with E-state index in [4.69, 9.17) is 0 Å². The van der Waals surface area contributed by atoms with Crippen LogP contribution >= 0.6 is 0 Å². The summed E-state index contributed by atoms with van der Waals surface area (Å²) in [6.45, 7) is 1.87. The van der Waals surface area contributed by atoms with Crippen molar-refractivity contribution in [2.24, 2.45) is 0 Å². The Balaban J connectivity index is 2.33. The lowest BCUT2D eigenvalue weighted by molar-refractivity contribution is -0.114. The number of carbonyl (C=O) groups is 1. The number of ketones is 1. The third kappa shape index (κ3) is 2.37. The van der Waals surface area contributed by atoms with Gasteiger partial charge in [-0.05, 0) is 28.5 Å². The molecule has 1 nitrogen and oxygen atoms in total. The zero-order chi connectivity index (χ0) is 11.4. The first kappa shape index (κ1) is 10.6. The number of fused-ring (bicyclic) bond motifs is 1. The second kappa shape index (κ2) is 4.75. The van der Waals surface area contributed by atoms with E-state index >= 15 is 0 Å². The van der Waals surface area contributed by atoms with Gasteiger partial charge in [0.1, 0.15) is 0 Å². The molecule has 0 radical (unpaired) electrons. The first-order chi connectivity index (χ1) is 7.79. The van der Waals surface area contributed by atoms with Crippen molar-refractivity contribution in [2.75, 3.05) is 0 Å². The van der Waals surface area contributed by atoms with Gasteiger partial charge >= 0.3 is 0 Å². The van der Waals surface area contributed by atoms with Crippen LogP contribution in [0.5, 0.6) is 0 Å². The average Bonchev–Trinajstić information content (AvgIpc) is 2.35. The van der Waals surface area contributed by atoms with Crippen molar-refractivity contribution in [1.82, 2.24) is 0 Å².